The highest BCUT2D eigenvalue weighted by atomic mass is 32.2. The molecule has 0 bridgehead atoms. The molecule has 0 aliphatic rings. The van der Waals surface area contributed by atoms with E-state index in [-0.39, 0.29) is 23.6 Å². The lowest BCUT2D eigenvalue weighted by molar-refractivity contribution is -0.139. The molecule has 5 nitrogen and oxygen atoms in total. The van der Waals surface area contributed by atoms with Crippen molar-refractivity contribution in [1.82, 2.24) is 0 Å². The monoisotopic (exact) mass is 492 g/mol. The van der Waals surface area contributed by atoms with Crippen LogP contribution in [0.2, 0.25) is 0 Å². The van der Waals surface area contributed by atoms with Crippen LogP contribution in [-0.4, -0.2) is 36.8 Å². The van der Waals surface area contributed by atoms with E-state index in [2.05, 4.69) is 0 Å². The molecule has 0 saturated heterocycles. The van der Waals surface area contributed by atoms with Crippen LogP contribution in [0.25, 0.3) is 0 Å². The van der Waals surface area contributed by atoms with Gasteiger partial charge in [-0.15, -0.1) is 11.8 Å². The number of aryl methyl sites for hydroxylation is 2. The molecule has 0 amide bonds. The molecule has 0 spiro atoms. The highest BCUT2D eigenvalue weighted by molar-refractivity contribution is 8.00. The summed E-state index contributed by atoms with van der Waals surface area (Å²) in [7, 11) is 0. The maximum atomic E-state index is 13.0. The summed E-state index contributed by atoms with van der Waals surface area (Å²) in [6.45, 7) is 8.60. The van der Waals surface area contributed by atoms with Gasteiger partial charge in [0.2, 0.25) is 0 Å². The van der Waals surface area contributed by atoms with E-state index in [1.165, 1.54) is 11.8 Å². The molecule has 3 aromatic rings. The lowest BCUT2D eigenvalue weighted by atomic mass is 10.0. The maximum Gasteiger partial charge on any atom is 0.316 e. The molecule has 1 atom stereocenters. The van der Waals surface area contributed by atoms with Crippen molar-refractivity contribution >= 4 is 23.5 Å². The second-order valence-electron chi connectivity index (χ2n) is 8.28. The molecule has 0 aliphatic carbocycles. The van der Waals surface area contributed by atoms with Gasteiger partial charge < -0.3 is 14.2 Å². The Morgan fingerprint density at radius 1 is 0.971 bits per heavy atom. The Labute approximate surface area is 211 Å². The van der Waals surface area contributed by atoms with Gasteiger partial charge in [0.05, 0.1) is 30.6 Å². The molecule has 0 N–H and O–H groups in total. The predicted molar refractivity (Wildman–Crippen MR) is 140 cm³/mol. The predicted octanol–water partition coefficient (Wildman–Crippen LogP) is 6.43. The quantitative estimate of drug-likeness (QED) is 0.165. The first-order valence-electron chi connectivity index (χ1n) is 11.8. The summed E-state index contributed by atoms with van der Waals surface area (Å²) in [5, 5.41) is 0. The van der Waals surface area contributed by atoms with Gasteiger partial charge in [-0.2, -0.15) is 0 Å². The van der Waals surface area contributed by atoms with Gasteiger partial charge in [0.15, 0.2) is 5.78 Å². The smallest absolute Gasteiger partial charge is 0.316 e. The van der Waals surface area contributed by atoms with E-state index in [1.807, 2.05) is 87.5 Å². The minimum absolute atomic E-state index is 0.0517. The second-order valence-corrected chi connectivity index (χ2v) is 9.30. The summed E-state index contributed by atoms with van der Waals surface area (Å²) < 4.78 is 17.1. The Morgan fingerprint density at radius 3 is 2.46 bits per heavy atom. The Morgan fingerprint density at radius 2 is 1.74 bits per heavy atom. The van der Waals surface area contributed by atoms with Crippen molar-refractivity contribution in [3.8, 4) is 11.5 Å². The number of ketones is 1. The van der Waals surface area contributed by atoms with Crippen LogP contribution in [0.4, 0.5) is 0 Å². The Bertz CT molecular complexity index is 1140. The van der Waals surface area contributed by atoms with Crippen LogP contribution in [0.3, 0.4) is 0 Å². The maximum absolute atomic E-state index is 13.0. The van der Waals surface area contributed by atoms with Crippen molar-refractivity contribution in [1.29, 1.82) is 0 Å². The van der Waals surface area contributed by atoms with Crippen LogP contribution in [0, 0.1) is 13.8 Å². The standard InChI is InChI=1S/C29H32O5S/c1-5-32-28(30)19-35-27-14-12-24(18-21(27)3)33-16-15-22(4)34-26-13-11-20(2)17-25(26)29(31)23-9-7-6-8-10-23/h6-14,17-18,22H,5,15-16,19H2,1-4H3. The number of hydrogen-bond donors (Lipinski definition) is 0. The van der Waals surface area contributed by atoms with Crippen LogP contribution in [0.15, 0.2) is 71.6 Å². The number of esters is 1. The average molecular weight is 493 g/mol. The Balaban J connectivity index is 1.55. The van der Waals surface area contributed by atoms with Crippen LogP contribution in [0.5, 0.6) is 11.5 Å². The molecule has 1 unspecified atom stereocenters. The van der Waals surface area contributed by atoms with Gasteiger partial charge in [-0.05, 0) is 63.6 Å². The number of thioether (sulfide) groups is 1. The molecule has 3 aromatic carbocycles. The Kier molecular flexibility index (Phi) is 9.79. The summed E-state index contributed by atoms with van der Waals surface area (Å²) >= 11 is 1.46. The van der Waals surface area contributed by atoms with Crippen LogP contribution in [0.1, 0.15) is 47.3 Å². The molecule has 0 aliphatic heterocycles. The number of rotatable bonds is 12. The SMILES string of the molecule is CCOC(=O)CSc1ccc(OCCC(C)Oc2ccc(C)cc2C(=O)c2ccccc2)cc1C. The molecule has 0 radical (unpaired) electrons. The normalized spacial score (nSPS) is 11.5. The van der Waals surface area contributed by atoms with E-state index < -0.39 is 0 Å². The fourth-order valence-electron chi connectivity index (χ4n) is 3.50. The third-order valence-corrected chi connectivity index (χ3v) is 6.48. The highest BCUT2D eigenvalue weighted by Gasteiger charge is 2.17. The number of hydrogen-bond acceptors (Lipinski definition) is 6. The van der Waals surface area contributed by atoms with Gasteiger partial charge in [0, 0.05) is 16.9 Å². The fourth-order valence-corrected chi connectivity index (χ4v) is 4.31. The van der Waals surface area contributed by atoms with E-state index in [0.717, 1.165) is 21.8 Å². The molecule has 0 heterocycles. The largest absolute Gasteiger partial charge is 0.493 e. The zero-order valence-corrected chi connectivity index (χ0v) is 21.5. The summed E-state index contributed by atoms with van der Waals surface area (Å²) in [6.07, 6.45) is 0.520. The fraction of sp³-hybridized carbons (Fsp3) is 0.310. The molecule has 35 heavy (non-hydrogen) atoms. The molecule has 3 rings (SSSR count). The minimum Gasteiger partial charge on any atom is -0.493 e. The van der Waals surface area contributed by atoms with Crippen LogP contribution >= 0.6 is 11.8 Å². The average Bonchev–Trinajstić information content (AvgIpc) is 2.85. The van der Waals surface area contributed by atoms with Crippen molar-refractivity contribution in [3.05, 3.63) is 89.0 Å². The minimum atomic E-state index is -0.214. The molecular weight excluding hydrogens is 460 g/mol. The number of benzene rings is 3. The molecule has 0 fully saturated rings. The number of carbonyl (C=O) groups is 2. The van der Waals surface area contributed by atoms with Gasteiger partial charge in [-0.3, -0.25) is 9.59 Å². The van der Waals surface area contributed by atoms with Crippen LogP contribution in [-0.2, 0) is 9.53 Å². The van der Waals surface area contributed by atoms with Crippen molar-refractivity contribution in [2.75, 3.05) is 19.0 Å². The summed E-state index contributed by atoms with van der Waals surface area (Å²) in [6, 6.07) is 20.8. The van der Waals surface area contributed by atoms with Crippen molar-refractivity contribution in [2.45, 2.75) is 45.1 Å². The molecule has 6 heteroatoms. The van der Waals surface area contributed by atoms with Gasteiger partial charge in [-0.1, -0.05) is 42.0 Å². The first-order valence-corrected chi connectivity index (χ1v) is 12.7. The molecule has 0 saturated carbocycles. The highest BCUT2D eigenvalue weighted by Crippen LogP contribution is 2.27. The molecule has 184 valence electrons. The Hall–Kier alpha value is -3.25. The lowest BCUT2D eigenvalue weighted by Crippen LogP contribution is -2.17. The zero-order chi connectivity index (χ0) is 25.2. The van der Waals surface area contributed by atoms with E-state index in [0.29, 0.717) is 36.5 Å². The van der Waals surface area contributed by atoms with E-state index in [1.54, 1.807) is 6.92 Å². The molecule has 0 aromatic heterocycles. The first-order chi connectivity index (χ1) is 16.9. The molecular formula is C29H32O5S. The van der Waals surface area contributed by atoms with Gasteiger partial charge in [-0.25, -0.2) is 0 Å². The summed E-state index contributed by atoms with van der Waals surface area (Å²) in [4.78, 5) is 25.6. The van der Waals surface area contributed by atoms with Gasteiger partial charge >= 0.3 is 5.97 Å². The van der Waals surface area contributed by atoms with Crippen molar-refractivity contribution in [2.24, 2.45) is 0 Å². The van der Waals surface area contributed by atoms with Crippen molar-refractivity contribution in [3.63, 3.8) is 0 Å². The van der Waals surface area contributed by atoms with E-state index >= 15 is 0 Å². The number of ether oxygens (including phenoxy) is 3. The third kappa shape index (κ3) is 7.89. The van der Waals surface area contributed by atoms with E-state index in [9.17, 15) is 9.59 Å². The topological polar surface area (TPSA) is 61.8 Å². The third-order valence-electron chi connectivity index (χ3n) is 5.33. The van der Waals surface area contributed by atoms with Gasteiger partial charge in [0.1, 0.15) is 11.5 Å². The zero-order valence-electron chi connectivity index (χ0n) is 20.7. The second kappa shape index (κ2) is 13.0. The van der Waals surface area contributed by atoms with Crippen molar-refractivity contribution < 1.29 is 23.8 Å². The number of carbonyl (C=O) groups excluding carboxylic acids is 2. The summed E-state index contributed by atoms with van der Waals surface area (Å²) in [5.41, 5.74) is 3.25. The van der Waals surface area contributed by atoms with Gasteiger partial charge in [0.25, 0.3) is 0 Å². The summed E-state index contributed by atoms with van der Waals surface area (Å²) in [5.74, 6) is 1.37. The first kappa shape index (κ1) is 26.4. The van der Waals surface area contributed by atoms with Crippen LogP contribution < -0.4 is 9.47 Å². The lowest BCUT2D eigenvalue weighted by Gasteiger charge is -2.18. The van der Waals surface area contributed by atoms with E-state index in [4.69, 9.17) is 14.2 Å².